The van der Waals surface area contributed by atoms with Crippen LogP contribution >= 0.6 is 0 Å². The van der Waals surface area contributed by atoms with E-state index in [0.717, 1.165) is 0 Å². The Bertz CT molecular complexity index is 1010. The maximum absolute atomic E-state index is 12.6. The van der Waals surface area contributed by atoms with Crippen molar-refractivity contribution in [2.45, 2.75) is 18.8 Å². The first-order valence-corrected chi connectivity index (χ1v) is 7.74. The van der Waals surface area contributed by atoms with E-state index in [4.69, 9.17) is 4.42 Å². The standard InChI is InChI=1S/C19H15NO4/c21-15-10-14(20-13-5-2-1-4-12(13)15)19-16(22)8-11(9-17(19)23)18-6-3-7-24-18/h1-7,10-11,22H,8-9H2,(H,20,21). The van der Waals surface area contributed by atoms with Crippen molar-refractivity contribution in [1.82, 2.24) is 4.98 Å². The molecule has 24 heavy (non-hydrogen) atoms. The number of furan rings is 1. The third-order valence-corrected chi connectivity index (χ3v) is 4.39. The zero-order chi connectivity index (χ0) is 16.7. The van der Waals surface area contributed by atoms with Gasteiger partial charge in [-0.15, -0.1) is 0 Å². The molecule has 0 radical (unpaired) electrons. The molecule has 1 aliphatic rings. The summed E-state index contributed by atoms with van der Waals surface area (Å²) >= 11 is 0. The van der Waals surface area contributed by atoms with Crippen molar-refractivity contribution in [1.29, 1.82) is 0 Å². The van der Waals surface area contributed by atoms with E-state index in [0.29, 0.717) is 28.8 Å². The third-order valence-electron chi connectivity index (χ3n) is 4.39. The summed E-state index contributed by atoms with van der Waals surface area (Å²) in [5.74, 6) is 0.286. The molecule has 0 spiro atoms. The maximum Gasteiger partial charge on any atom is 0.190 e. The van der Waals surface area contributed by atoms with Gasteiger partial charge in [-0.3, -0.25) is 9.59 Å². The largest absolute Gasteiger partial charge is 0.511 e. The van der Waals surface area contributed by atoms with Crippen LogP contribution in [0.25, 0.3) is 16.5 Å². The van der Waals surface area contributed by atoms with Crippen molar-refractivity contribution < 1.29 is 14.3 Å². The maximum atomic E-state index is 12.6. The Morgan fingerprint density at radius 3 is 2.67 bits per heavy atom. The normalized spacial score (nSPS) is 18.3. The highest BCUT2D eigenvalue weighted by molar-refractivity contribution is 6.21. The van der Waals surface area contributed by atoms with Crippen LogP contribution in [0.2, 0.25) is 0 Å². The highest BCUT2D eigenvalue weighted by atomic mass is 16.3. The third kappa shape index (κ3) is 2.34. The van der Waals surface area contributed by atoms with Gasteiger partial charge >= 0.3 is 0 Å². The van der Waals surface area contributed by atoms with E-state index in [1.807, 2.05) is 6.07 Å². The highest BCUT2D eigenvalue weighted by Gasteiger charge is 2.31. The van der Waals surface area contributed by atoms with Crippen LogP contribution in [-0.4, -0.2) is 15.9 Å². The monoisotopic (exact) mass is 321 g/mol. The minimum atomic E-state index is -0.203. The van der Waals surface area contributed by atoms with Gasteiger partial charge in [0.05, 0.1) is 17.5 Å². The van der Waals surface area contributed by atoms with Crippen LogP contribution < -0.4 is 5.43 Å². The summed E-state index contributed by atoms with van der Waals surface area (Å²) < 4.78 is 5.34. The van der Waals surface area contributed by atoms with E-state index in [-0.39, 0.29) is 34.9 Å². The molecule has 120 valence electrons. The molecule has 1 aliphatic carbocycles. The van der Waals surface area contributed by atoms with Crippen LogP contribution in [0.1, 0.15) is 30.2 Å². The Morgan fingerprint density at radius 2 is 1.92 bits per heavy atom. The number of aromatic nitrogens is 1. The topological polar surface area (TPSA) is 83.3 Å². The van der Waals surface area contributed by atoms with Crippen molar-refractivity contribution in [3.63, 3.8) is 0 Å². The summed E-state index contributed by atoms with van der Waals surface area (Å²) in [4.78, 5) is 27.9. The van der Waals surface area contributed by atoms with Crippen molar-refractivity contribution in [2.75, 3.05) is 0 Å². The number of benzene rings is 1. The molecule has 0 fully saturated rings. The van der Waals surface area contributed by atoms with Gasteiger partial charge in [0.15, 0.2) is 11.2 Å². The van der Waals surface area contributed by atoms with Gasteiger partial charge in [-0.2, -0.15) is 0 Å². The number of aliphatic hydroxyl groups excluding tert-OH is 1. The summed E-state index contributed by atoms with van der Waals surface area (Å²) in [5, 5.41) is 11.0. The molecule has 1 unspecified atom stereocenters. The number of ketones is 1. The molecule has 1 aromatic carbocycles. The number of pyridine rings is 1. The lowest BCUT2D eigenvalue weighted by atomic mass is 9.84. The van der Waals surface area contributed by atoms with Crippen LogP contribution in [0, 0.1) is 0 Å². The first kappa shape index (κ1) is 14.5. The Labute approximate surface area is 137 Å². The Hall–Kier alpha value is -3.08. The fraction of sp³-hybridized carbons (Fsp3) is 0.158. The van der Waals surface area contributed by atoms with Gasteiger partial charge < -0.3 is 14.5 Å². The number of aliphatic hydroxyl groups is 1. The average Bonchev–Trinajstić information content (AvgIpc) is 3.09. The summed E-state index contributed by atoms with van der Waals surface area (Å²) in [6.45, 7) is 0. The molecule has 2 aromatic heterocycles. The zero-order valence-corrected chi connectivity index (χ0v) is 12.8. The second kappa shape index (κ2) is 5.53. The number of rotatable bonds is 2. The quantitative estimate of drug-likeness (QED) is 0.756. The molecule has 5 nitrogen and oxygen atoms in total. The van der Waals surface area contributed by atoms with Crippen LogP contribution in [0.15, 0.2) is 63.7 Å². The molecule has 0 aliphatic heterocycles. The number of carbonyl (C=O) groups is 1. The molecule has 1 atom stereocenters. The molecule has 0 saturated heterocycles. The summed E-state index contributed by atoms with van der Waals surface area (Å²) in [6, 6.07) is 12.0. The SMILES string of the molecule is O=C1CC(c2ccco2)CC(O)=C1c1cc(=O)c2ccccc2[nH]1. The number of carbonyl (C=O) groups excluding carboxylic acids is 1. The van der Waals surface area contributed by atoms with E-state index in [2.05, 4.69) is 4.98 Å². The second-order valence-electron chi connectivity index (χ2n) is 5.96. The molecule has 0 bridgehead atoms. The lowest BCUT2D eigenvalue weighted by molar-refractivity contribution is -0.114. The summed E-state index contributed by atoms with van der Waals surface area (Å²) in [5.41, 5.74) is 1.02. The summed E-state index contributed by atoms with van der Waals surface area (Å²) in [6.07, 6.45) is 2.10. The minimum Gasteiger partial charge on any atom is -0.511 e. The predicted octanol–water partition coefficient (Wildman–Crippen LogP) is 3.54. The van der Waals surface area contributed by atoms with Crippen LogP contribution in [-0.2, 0) is 4.79 Å². The number of hydrogen-bond donors (Lipinski definition) is 2. The molecule has 4 rings (SSSR count). The number of para-hydroxylation sites is 1. The molecule has 2 N–H and O–H groups in total. The average molecular weight is 321 g/mol. The van der Waals surface area contributed by atoms with Gasteiger partial charge in [-0.05, 0) is 24.3 Å². The number of fused-ring (bicyclic) bond motifs is 1. The molecule has 0 saturated carbocycles. The molecule has 5 heteroatoms. The number of allylic oxidation sites excluding steroid dienone is 2. The smallest absolute Gasteiger partial charge is 0.190 e. The molecular weight excluding hydrogens is 306 g/mol. The van der Waals surface area contributed by atoms with Crippen molar-refractivity contribution in [3.8, 4) is 0 Å². The van der Waals surface area contributed by atoms with Crippen molar-refractivity contribution in [2.24, 2.45) is 0 Å². The molecule has 3 aromatic rings. The zero-order valence-electron chi connectivity index (χ0n) is 12.8. The number of Topliss-reactive ketones (excluding diaryl/α,β-unsaturated/α-hetero) is 1. The lowest BCUT2D eigenvalue weighted by Crippen LogP contribution is -2.19. The van der Waals surface area contributed by atoms with Crippen molar-refractivity contribution >= 4 is 22.3 Å². The fourth-order valence-electron chi connectivity index (χ4n) is 3.26. The first-order valence-electron chi connectivity index (χ1n) is 7.74. The Balaban J connectivity index is 1.80. The van der Waals surface area contributed by atoms with E-state index >= 15 is 0 Å². The second-order valence-corrected chi connectivity index (χ2v) is 5.96. The highest BCUT2D eigenvalue weighted by Crippen LogP contribution is 2.36. The van der Waals surface area contributed by atoms with Crippen LogP contribution in [0.5, 0.6) is 0 Å². The molecule has 2 heterocycles. The number of aromatic amines is 1. The number of nitrogens with one attached hydrogen (secondary N) is 1. The van der Waals surface area contributed by atoms with Gasteiger partial charge in [0, 0.05) is 35.7 Å². The molecular formula is C19H15NO4. The van der Waals surface area contributed by atoms with E-state index in [9.17, 15) is 14.7 Å². The van der Waals surface area contributed by atoms with Crippen LogP contribution in [0.3, 0.4) is 0 Å². The Morgan fingerprint density at radius 1 is 1.08 bits per heavy atom. The number of hydrogen-bond acceptors (Lipinski definition) is 4. The van der Waals surface area contributed by atoms with Gasteiger partial charge in [0.2, 0.25) is 0 Å². The summed E-state index contributed by atoms with van der Waals surface area (Å²) in [7, 11) is 0. The van der Waals surface area contributed by atoms with Gasteiger partial charge in [0.1, 0.15) is 11.5 Å². The lowest BCUT2D eigenvalue weighted by Gasteiger charge is -2.22. The van der Waals surface area contributed by atoms with Gasteiger partial charge in [0.25, 0.3) is 0 Å². The Kier molecular flexibility index (Phi) is 3.34. The molecule has 0 amide bonds. The minimum absolute atomic E-state index is 0.0152. The predicted molar refractivity (Wildman–Crippen MR) is 89.8 cm³/mol. The van der Waals surface area contributed by atoms with Crippen molar-refractivity contribution in [3.05, 3.63) is 76.2 Å². The van der Waals surface area contributed by atoms with Gasteiger partial charge in [-0.1, -0.05) is 12.1 Å². The number of H-pyrrole nitrogens is 1. The van der Waals surface area contributed by atoms with Crippen LogP contribution in [0.4, 0.5) is 0 Å². The van der Waals surface area contributed by atoms with E-state index in [1.54, 1.807) is 36.6 Å². The van der Waals surface area contributed by atoms with Gasteiger partial charge in [-0.25, -0.2) is 0 Å². The first-order chi connectivity index (χ1) is 11.6. The van der Waals surface area contributed by atoms with E-state index in [1.165, 1.54) is 6.07 Å². The van der Waals surface area contributed by atoms with E-state index < -0.39 is 0 Å². The fourth-order valence-corrected chi connectivity index (χ4v) is 3.26.